The summed E-state index contributed by atoms with van der Waals surface area (Å²) in [5, 5.41) is 0. The second-order valence-electron chi connectivity index (χ2n) is 4.19. The van der Waals surface area contributed by atoms with E-state index in [2.05, 4.69) is 6.92 Å². The van der Waals surface area contributed by atoms with Gasteiger partial charge in [-0.2, -0.15) is 0 Å². The molecule has 58 valence electrons. The highest BCUT2D eigenvalue weighted by Crippen LogP contribution is 2.44. The van der Waals surface area contributed by atoms with Gasteiger partial charge in [-0.1, -0.05) is 19.8 Å². The van der Waals surface area contributed by atoms with E-state index < -0.39 is 0 Å². The SMILES string of the molecule is C[C@H]1CCCC2(COC2)C1. The van der Waals surface area contributed by atoms with Crippen molar-refractivity contribution in [3.8, 4) is 0 Å². The minimum absolute atomic E-state index is 0.650. The zero-order valence-electron chi connectivity index (χ0n) is 6.73. The molecule has 1 heteroatoms. The van der Waals surface area contributed by atoms with E-state index in [1.54, 1.807) is 0 Å². The minimum Gasteiger partial charge on any atom is -0.380 e. The molecule has 2 rings (SSSR count). The van der Waals surface area contributed by atoms with E-state index in [1.807, 2.05) is 0 Å². The molecule has 1 spiro atoms. The van der Waals surface area contributed by atoms with Gasteiger partial charge in [-0.05, 0) is 18.8 Å². The fourth-order valence-corrected chi connectivity index (χ4v) is 2.42. The topological polar surface area (TPSA) is 9.23 Å². The van der Waals surface area contributed by atoms with E-state index in [-0.39, 0.29) is 0 Å². The van der Waals surface area contributed by atoms with Gasteiger partial charge in [0.15, 0.2) is 0 Å². The Labute approximate surface area is 62.8 Å². The third-order valence-corrected chi connectivity index (χ3v) is 3.00. The van der Waals surface area contributed by atoms with E-state index in [0.29, 0.717) is 5.41 Å². The van der Waals surface area contributed by atoms with Crippen LogP contribution >= 0.6 is 0 Å². The van der Waals surface area contributed by atoms with Gasteiger partial charge in [-0.15, -0.1) is 0 Å². The fourth-order valence-electron chi connectivity index (χ4n) is 2.42. The van der Waals surface area contributed by atoms with E-state index >= 15 is 0 Å². The van der Waals surface area contributed by atoms with Crippen LogP contribution in [0.4, 0.5) is 0 Å². The maximum absolute atomic E-state index is 5.26. The van der Waals surface area contributed by atoms with Crippen LogP contribution in [0.25, 0.3) is 0 Å². The molecule has 0 radical (unpaired) electrons. The lowest BCUT2D eigenvalue weighted by Gasteiger charge is -2.46. The van der Waals surface area contributed by atoms with Crippen LogP contribution in [0, 0.1) is 11.3 Å². The van der Waals surface area contributed by atoms with E-state index in [1.165, 1.54) is 25.7 Å². The van der Waals surface area contributed by atoms with E-state index in [0.717, 1.165) is 19.1 Å². The summed E-state index contributed by atoms with van der Waals surface area (Å²) in [7, 11) is 0. The van der Waals surface area contributed by atoms with Crippen LogP contribution in [-0.2, 0) is 4.74 Å². The van der Waals surface area contributed by atoms with Crippen LogP contribution in [0.15, 0.2) is 0 Å². The molecule has 0 aromatic rings. The number of ether oxygens (including phenoxy) is 1. The maximum Gasteiger partial charge on any atom is 0.0544 e. The quantitative estimate of drug-likeness (QED) is 0.501. The maximum atomic E-state index is 5.26. The van der Waals surface area contributed by atoms with Crippen molar-refractivity contribution in [1.82, 2.24) is 0 Å². The molecule has 0 N–H and O–H groups in total. The molecule has 1 atom stereocenters. The molecule has 1 aliphatic carbocycles. The predicted molar refractivity (Wildman–Crippen MR) is 40.9 cm³/mol. The molecule has 1 saturated carbocycles. The lowest BCUT2D eigenvalue weighted by atomic mass is 9.69. The van der Waals surface area contributed by atoms with Crippen LogP contribution in [0.3, 0.4) is 0 Å². The number of hydrogen-bond acceptors (Lipinski definition) is 1. The molecule has 2 fully saturated rings. The summed E-state index contributed by atoms with van der Waals surface area (Å²) in [6, 6.07) is 0. The normalized spacial score (nSPS) is 37.5. The third kappa shape index (κ3) is 0.968. The predicted octanol–water partition coefficient (Wildman–Crippen LogP) is 2.21. The molecule has 0 aromatic heterocycles. The zero-order chi connectivity index (χ0) is 7.03. The molecule has 1 nitrogen and oxygen atoms in total. The third-order valence-electron chi connectivity index (χ3n) is 3.00. The molecule has 0 bridgehead atoms. The van der Waals surface area contributed by atoms with E-state index in [9.17, 15) is 0 Å². The Balaban J connectivity index is 1.96. The lowest BCUT2D eigenvalue weighted by Crippen LogP contribution is -2.45. The van der Waals surface area contributed by atoms with Gasteiger partial charge in [0.2, 0.25) is 0 Å². The van der Waals surface area contributed by atoms with Gasteiger partial charge in [-0.25, -0.2) is 0 Å². The monoisotopic (exact) mass is 140 g/mol. The van der Waals surface area contributed by atoms with Crippen molar-refractivity contribution in [3.05, 3.63) is 0 Å². The standard InChI is InChI=1S/C9H16O/c1-8-3-2-4-9(5-8)6-10-7-9/h8H,2-7H2,1H3/t8-/m0/s1. The number of hydrogen-bond donors (Lipinski definition) is 0. The van der Waals surface area contributed by atoms with Crippen LogP contribution < -0.4 is 0 Å². The Hall–Kier alpha value is -0.0400. The first-order valence-electron chi connectivity index (χ1n) is 4.39. The molecule has 0 amide bonds. The van der Waals surface area contributed by atoms with Crippen LogP contribution in [0.5, 0.6) is 0 Å². The summed E-state index contributed by atoms with van der Waals surface area (Å²) in [5.41, 5.74) is 0.650. The second kappa shape index (κ2) is 2.23. The van der Waals surface area contributed by atoms with Crippen molar-refractivity contribution in [2.75, 3.05) is 13.2 Å². The molecule has 1 heterocycles. The van der Waals surface area contributed by atoms with Gasteiger partial charge in [0.05, 0.1) is 13.2 Å². The second-order valence-corrected chi connectivity index (χ2v) is 4.19. The Morgan fingerprint density at radius 3 is 2.60 bits per heavy atom. The minimum atomic E-state index is 0.650. The number of rotatable bonds is 0. The molecule has 0 unspecified atom stereocenters. The highest BCUT2D eigenvalue weighted by molar-refractivity contribution is 4.89. The van der Waals surface area contributed by atoms with Crippen molar-refractivity contribution < 1.29 is 4.74 Å². The van der Waals surface area contributed by atoms with Crippen LogP contribution in [-0.4, -0.2) is 13.2 Å². The van der Waals surface area contributed by atoms with Gasteiger partial charge in [0.1, 0.15) is 0 Å². The van der Waals surface area contributed by atoms with Crippen molar-refractivity contribution in [1.29, 1.82) is 0 Å². The van der Waals surface area contributed by atoms with Crippen LogP contribution in [0.2, 0.25) is 0 Å². The Morgan fingerprint density at radius 1 is 1.40 bits per heavy atom. The van der Waals surface area contributed by atoms with Gasteiger partial charge >= 0.3 is 0 Å². The molecular weight excluding hydrogens is 124 g/mol. The first-order valence-corrected chi connectivity index (χ1v) is 4.39. The van der Waals surface area contributed by atoms with Crippen molar-refractivity contribution in [3.63, 3.8) is 0 Å². The summed E-state index contributed by atoms with van der Waals surface area (Å²) in [6.07, 6.45) is 5.73. The first kappa shape index (κ1) is 6.66. The molecule has 1 aliphatic heterocycles. The summed E-state index contributed by atoms with van der Waals surface area (Å²) < 4.78 is 5.26. The summed E-state index contributed by atoms with van der Waals surface area (Å²) in [5.74, 6) is 0.956. The van der Waals surface area contributed by atoms with Gasteiger partial charge < -0.3 is 4.74 Å². The zero-order valence-corrected chi connectivity index (χ0v) is 6.73. The molecule has 2 aliphatic rings. The smallest absolute Gasteiger partial charge is 0.0544 e. The van der Waals surface area contributed by atoms with E-state index in [4.69, 9.17) is 4.74 Å². The summed E-state index contributed by atoms with van der Waals surface area (Å²) in [6.45, 7) is 4.48. The first-order chi connectivity index (χ1) is 4.81. The summed E-state index contributed by atoms with van der Waals surface area (Å²) >= 11 is 0. The van der Waals surface area contributed by atoms with Crippen molar-refractivity contribution in [2.24, 2.45) is 11.3 Å². The molecule has 10 heavy (non-hydrogen) atoms. The van der Waals surface area contributed by atoms with Gasteiger partial charge in [-0.3, -0.25) is 0 Å². The van der Waals surface area contributed by atoms with Gasteiger partial charge in [0, 0.05) is 5.41 Å². The van der Waals surface area contributed by atoms with Crippen molar-refractivity contribution in [2.45, 2.75) is 32.6 Å². The lowest BCUT2D eigenvalue weighted by molar-refractivity contribution is -0.138. The summed E-state index contributed by atoms with van der Waals surface area (Å²) in [4.78, 5) is 0. The largest absolute Gasteiger partial charge is 0.380 e. The molecule has 0 aromatic carbocycles. The van der Waals surface area contributed by atoms with Crippen molar-refractivity contribution >= 4 is 0 Å². The molecule has 1 saturated heterocycles. The molecular formula is C9H16O. The Morgan fingerprint density at radius 2 is 2.20 bits per heavy atom. The highest BCUT2D eigenvalue weighted by Gasteiger charge is 2.41. The Kier molecular flexibility index (Phi) is 1.48. The fraction of sp³-hybridized carbons (Fsp3) is 1.00. The van der Waals surface area contributed by atoms with Gasteiger partial charge in [0.25, 0.3) is 0 Å². The average molecular weight is 140 g/mol. The average Bonchev–Trinajstić information content (AvgIpc) is 1.85. The highest BCUT2D eigenvalue weighted by atomic mass is 16.5. The Bertz CT molecular complexity index is 127. The van der Waals surface area contributed by atoms with Crippen LogP contribution in [0.1, 0.15) is 32.6 Å².